The van der Waals surface area contributed by atoms with Crippen molar-refractivity contribution in [2.24, 2.45) is 5.92 Å². The summed E-state index contributed by atoms with van der Waals surface area (Å²) in [4.78, 5) is 11.8. The predicted molar refractivity (Wildman–Crippen MR) is 75.3 cm³/mol. The van der Waals surface area contributed by atoms with Crippen LogP contribution in [-0.2, 0) is 11.3 Å². The molecule has 0 aliphatic carbocycles. The summed E-state index contributed by atoms with van der Waals surface area (Å²) < 4.78 is 13.8. The molecule has 2 N–H and O–H groups in total. The van der Waals surface area contributed by atoms with Crippen molar-refractivity contribution in [2.75, 3.05) is 6.54 Å². The molecule has 1 aromatic carbocycles. The van der Waals surface area contributed by atoms with Crippen LogP contribution in [-0.4, -0.2) is 18.5 Å². The Labute approximate surface area is 119 Å². The zero-order valence-corrected chi connectivity index (χ0v) is 12.0. The lowest BCUT2D eigenvalue weighted by Crippen LogP contribution is -2.43. The van der Waals surface area contributed by atoms with Crippen LogP contribution in [0.5, 0.6) is 0 Å². The maximum absolute atomic E-state index is 13.8. The second-order valence-corrected chi connectivity index (χ2v) is 5.13. The van der Waals surface area contributed by atoms with Crippen LogP contribution in [0.3, 0.4) is 0 Å². The van der Waals surface area contributed by atoms with Crippen molar-refractivity contribution in [2.45, 2.75) is 33.4 Å². The van der Waals surface area contributed by atoms with Gasteiger partial charge >= 0.3 is 0 Å². The number of rotatable bonds is 6. The fourth-order valence-electron chi connectivity index (χ4n) is 1.62. The van der Waals surface area contributed by atoms with Gasteiger partial charge in [-0.15, -0.1) is 0 Å². The lowest BCUT2D eigenvalue weighted by atomic mass is 10.1. The molecular weight excluding hydrogens is 257 g/mol. The van der Waals surface area contributed by atoms with E-state index in [-0.39, 0.29) is 18.0 Å². The van der Waals surface area contributed by atoms with E-state index in [1.54, 1.807) is 25.1 Å². The first kappa shape index (κ1) is 16.1. The summed E-state index contributed by atoms with van der Waals surface area (Å²) in [5.41, 5.74) is 0.397. The average Bonchev–Trinajstić information content (AvgIpc) is 2.43. The highest BCUT2D eigenvalue weighted by Gasteiger charge is 2.14. The normalized spacial score (nSPS) is 12.0. The van der Waals surface area contributed by atoms with Crippen molar-refractivity contribution in [1.29, 1.82) is 5.26 Å². The van der Waals surface area contributed by atoms with Gasteiger partial charge in [0.15, 0.2) is 0 Å². The molecular formula is C15H20FN3O. The molecule has 5 heteroatoms. The summed E-state index contributed by atoms with van der Waals surface area (Å²) in [6, 6.07) is 6.03. The Morgan fingerprint density at radius 1 is 1.40 bits per heavy atom. The lowest BCUT2D eigenvalue weighted by Gasteiger charge is -2.15. The number of nitrogens with one attached hydrogen (secondary N) is 2. The van der Waals surface area contributed by atoms with Gasteiger partial charge in [-0.05, 0) is 18.9 Å². The highest BCUT2D eigenvalue weighted by Crippen LogP contribution is 2.11. The van der Waals surface area contributed by atoms with Crippen LogP contribution >= 0.6 is 0 Å². The van der Waals surface area contributed by atoms with E-state index in [1.807, 2.05) is 13.8 Å². The third-order valence-electron chi connectivity index (χ3n) is 2.88. The summed E-state index contributed by atoms with van der Waals surface area (Å²) in [6.07, 6.45) is 0. The summed E-state index contributed by atoms with van der Waals surface area (Å²) in [5.74, 6) is -0.260. The van der Waals surface area contributed by atoms with E-state index in [0.29, 0.717) is 18.0 Å². The average molecular weight is 277 g/mol. The Morgan fingerprint density at radius 2 is 2.10 bits per heavy atom. The van der Waals surface area contributed by atoms with Crippen LogP contribution < -0.4 is 10.6 Å². The van der Waals surface area contributed by atoms with Gasteiger partial charge in [0.2, 0.25) is 5.91 Å². The van der Waals surface area contributed by atoms with Gasteiger partial charge in [0.05, 0.1) is 11.6 Å². The Morgan fingerprint density at radius 3 is 2.70 bits per heavy atom. The molecule has 1 aromatic rings. The van der Waals surface area contributed by atoms with E-state index < -0.39 is 11.9 Å². The summed E-state index contributed by atoms with van der Waals surface area (Å²) in [7, 11) is 0. The van der Waals surface area contributed by atoms with Crippen LogP contribution in [0, 0.1) is 23.1 Å². The van der Waals surface area contributed by atoms with E-state index in [4.69, 9.17) is 5.26 Å². The number of benzene rings is 1. The molecule has 20 heavy (non-hydrogen) atoms. The van der Waals surface area contributed by atoms with Gasteiger partial charge < -0.3 is 10.6 Å². The van der Waals surface area contributed by atoms with Gasteiger partial charge in [0, 0.05) is 18.7 Å². The fourth-order valence-corrected chi connectivity index (χ4v) is 1.62. The van der Waals surface area contributed by atoms with Crippen LogP contribution in [0.1, 0.15) is 31.9 Å². The van der Waals surface area contributed by atoms with Crippen molar-refractivity contribution in [3.05, 3.63) is 35.1 Å². The molecule has 108 valence electrons. The Hall–Kier alpha value is -1.93. The van der Waals surface area contributed by atoms with Gasteiger partial charge in [0.1, 0.15) is 11.9 Å². The molecule has 0 aliphatic heterocycles. The third-order valence-corrected chi connectivity index (χ3v) is 2.88. The van der Waals surface area contributed by atoms with Crippen LogP contribution in [0.25, 0.3) is 0 Å². The fraction of sp³-hybridized carbons (Fsp3) is 0.467. The van der Waals surface area contributed by atoms with E-state index in [9.17, 15) is 9.18 Å². The molecule has 0 bridgehead atoms. The van der Waals surface area contributed by atoms with Gasteiger partial charge in [-0.25, -0.2) is 4.39 Å². The van der Waals surface area contributed by atoms with Crippen molar-refractivity contribution in [3.63, 3.8) is 0 Å². The number of carbonyl (C=O) groups excluding carboxylic acids is 1. The monoisotopic (exact) mass is 277 g/mol. The van der Waals surface area contributed by atoms with Gasteiger partial charge in [-0.2, -0.15) is 5.26 Å². The zero-order valence-electron chi connectivity index (χ0n) is 12.0. The summed E-state index contributed by atoms with van der Waals surface area (Å²) in [6.45, 7) is 6.57. The van der Waals surface area contributed by atoms with E-state index in [0.717, 1.165) is 0 Å². The number of carbonyl (C=O) groups is 1. The number of amides is 1. The van der Waals surface area contributed by atoms with Gasteiger partial charge in [-0.1, -0.05) is 26.0 Å². The Balaban J connectivity index is 2.55. The molecule has 1 unspecified atom stereocenters. The van der Waals surface area contributed by atoms with E-state index in [2.05, 4.69) is 10.6 Å². The molecule has 0 aromatic heterocycles. The number of hydrogen-bond acceptors (Lipinski definition) is 3. The smallest absolute Gasteiger partial charge is 0.236 e. The maximum Gasteiger partial charge on any atom is 0.236 e. The Kier molecular flexibility index (Phi) is 6.13. The first-order valence-corrected chi connectivity index (χ1v) is 6.64. The first-order chi connectivity index (χ1) is 9.45. The molecule has 0 radical (unpaired) electrons. The number of hydrogen-bond donors (Lipinski definition) is 2. The SMILES string of the molecule is CC(C)CNC(=O)C(C)NCc1cccc(C#N)c1F. The largest absolute Gasteiger partial charge is 0.354 e. The minimum absolute atomic E-state index is 0.0150. The highest BCUT2D eigenvalue weighted by atomic mass is 19.1. The molecule has 1 amide bonds. The molecule has 0 saturated heterocycles. The van der Waals surface area contributed by atoms with Crippen LogP contribution in [0.2, 0.25) is 0 Å². The number of nitriles is 1. The van der Waals surface area contributed by atoms with Crippen molar-refractivity contribution in [3.8, 4) is 6.07 Å². The predicted octanol–water partition coefficient (Wildman–Crippen LogP) is 1.95. The molecule has 4 nitrogen and oxygen atoms in total. The molecule has 1 atom stereocenters. The zero-order chi connectivity index (χ0) is 15.1. The van der Waals surface area contributed by atoms with Crippen molar-refractivity contribution < 1.29 is 9.18 Å². The molecule has 1 rings (SSSR count). The van der Waals surface area contributed by atoms with Gasteiger partial charge in [0.25, 0.3) is 0 Å². The minimum atomic E-state index is -0.530. The molecule has 0 fully saturated rings. The maximum atomic E-state index is 13.8. The van der Waals surface area contributed by atoms with Gasteiger partial charge in [-0.3, -0.25) is 4.79 Å². The number of halogens is 1. The topological polar surface area (TPSA) is 64.9 Å². The molecule has 0 saturated carbocycles. The van der Waals surface area contributed by atoms with Crippen LogP contribution in [0.4, 0.5) is 4.39 Å². The number of nitrogens with zero attached hydrogens (tertiary/aromatic N) is 1. The molecule has 0 spiro atoms. The van der Waals surface area contributed by atoms with Crippen LogP contribution in [0.15, 0.2) is 18.2 Å². The standard InChI is InChI=1S/C15H20FN3O/c1-10(2)8-19-15(20)11(3)18-9-13-6-4-5-12(7-17)14(13)16/h4-6,10-11,18H,8-9H2,1-3H3,(H,19,20). The quantitative estimate of drug-likeness (QED) is 0.835. The molecule has 0 heterocycles. The second kappa shape index (κ2) is 7.61. The first-order valence-electron chi connectivity index (χ1n) is 6.64. The molecule has 0 aliphatic rings. The highest BCUT2D eigenvalue weighted by molar-refractivity contribution is 5.81. The lowest BCUT2D eigenvalue weighted by molar-refractivity contribution is -0.122. The second-order valence-electron chi connectivity index (χ2n) is 5.13. The Bertz CT molecular complexity index is 508. The van der Waals surface area contributed by atoms with E-state index >= 15 is 0 Å². The summed E-state index contributed by atoms with van der Waals surface area (Å²) in [5, 5.41) is 14.5. The third kappa shape index (κ3) is 4.63. The summed E-state index contributed by atoms with van der Waals surface area (Å²) >= 11 is 0. The van der Waals surface area contributed by atoms with E-state index in [1.165, 1.54) is 6.07 Å². The van der Waals surface area contributed by atoms with Crippen molar-refractivity contribution >= 4 is 5.91 Å². The van der Waals surface area contributed by atoms with Crippen molar-refractivity contribution in [1.82, 2.24) is 10.6 Å². The minimum Gasteiger partial charge on any atom is -0.354 e.